The van der Waals surface area contributed by atoms with Crippen molar-refractivity contribution in [3.8, 4) is 5.75 Å². The predicted molar refractivity (Wildman–Crippen MR) is 84.5 cm³/mol. The van der Waals surface area contributed by atoms with Gasteiger partial charge in [0.1, 0.15) is 11.3 Å². The third-order valence-electron chi connectivity index (χ3n) is 4.10. The van der Waals surface area contributed by atoms with E-state index < -0.39 is 10.8 Å². The van der Waals surface area contributed by atoms with Gasteiger partial charge in [-0.05, 0) is 42.5 Å². The van der Waals surface area contributed by atoms with Crippen molar-refractivity contribution < 1.29 is 14.8 Å². The minimum atomic E-state index is -0.621. The topological polar surface area (TPSA) is 92.5 Å². The first-order valence-electron chi connectivity index (χ1n) is 7.39. The Bertz CT molecular complexity index is 773. The highest BCUT2D eigenvalue weighted by Crippen LogP contribution is 2.25. The summed E-state index contributed by atoms with van der Waals surface area (Å²) in [6.07, 6.45) is 2.35. The van der Waals surface area contributed by atoms with E-state index in [4.69, 9.17) is 0 Å². The van der Waals surface area contributed by atoms with Gasteiger partial charge in [-0.3, -0.25) is 14.9 Å². The van der Waals surface area contributed by atoms with Crippen LogP contribution in [-0.4, -0.2) is 22.0 Å². The van der Waals surface area contributed by atoms with E-state index in [1.54, 1.807) is 0 Å². The van der Waals surface area contributed by atoms with Gasteiger partial charge < -0.3 is 10.4 Å². The number of nitro benzene ring substituents is 1. The SMILES string of the molecule is O=C(N[C@H]1CCc2ccccc2C1)c1cc(O)ccc1[N+](=O)[O-]. The van der Waals surface area contributed by atoms with Crippen LogP contribution < -0.4 is 5.32 Å². The van der Waals surface area contributed by atoms with Crippen molar-refractivity contribution in [2.75, 3.05) is 0 Å². The Hall–Kier alpha value is -2.89. The third kappa shape index (κ3) is 3.15. The third-order valence-corrected chi connectivity index (χ3v) is 4.10. The Labute approximate surface area is 132 Å². The van der Waals surface area contributed by atoms with Crippen LogP contribution in [0.15, 0.2) is 42.5 Å². The number of phenols is 1. The summed E-state index contributed by atoms with van der Waals surface area (Å²) in [5.74, 6) is -0.702. The fourth-order valence-corrected chi connectivity index (χ4v) is 2.95. The Balaban J connectivity index is 1.78. The maximum atomic E-state index is 12.4. The number of rotatable bonds is 3. The summed E-state index contributed by atoms with van der Waals surface area (Å²) in [5.41, 5.74) is 2.04. The number of aromatic hydroxyl groups is 1. The van der Waals surface area contributed by atoms with Crippen LogP contribution >= 0.6 is 0 Å². The zero-order chi connectivity index (χ0) is 16.4. The minimum Gasteiger partial charge on any atom is -0.508 e. The zero-order valence-corrected chi connectivity index (χ0v) is 12.4. The van der Waals surface area contributed by atoms with E-state index in [2.05, 4.69) is 11.4 Å². The number of carbonyl (C=O) groups excluding carboxylic acids is 1. The molecule has 0 saturated heterocycles. The molecule has 1 atom stereocenters. The van der Waals surface area contributed by atoms with Crippen molar-refractivity contribution in [1.29, 1.82) is 0 Å². The molecule has 2 N–H and O–H groups in total. The van der Waals surface area contributed by atoms with Crippen molar-refractivity contribution in [1.82, 2.24) is 5.32 Å². The van der Waals surface area contributed by atoms with Gasteiger partial charge in [-0.2, -0.15) is 0 Å². The van der Waals surface area contributed by atoms with Gasteiger partial charge in [-0.25, -0.2) is 0 Å². The fraction of sp³-hybridized carbons (Fsp3) is 0.235. The van der Waals surface area contributed by atoms with Gasteiger partial charge in [-0.15, -0.1) is 0 Å². The number of benzene rings is 2. The lowest BCUT2D eigenvalue weighted by atomic mass is 9.88. The number of hydrogen-bond acceptors (Lipinski definition) is 4. The van der Waals surface area contributed by atoms with Gasteiger partial charge >= 0.3 is 0 Å². The summed E-state index contributed by atoms with van der Waals surface area (Å²) in [7, 11) is 0. The highest BCUT2D eigenvalue weighted by molar-refractivity contribution is 5.98. The summed E-state index contributed by atoms with van der Waals surface area (Å²) in [5, 5.41) is 23.4. The maximum Gasteiger partial charge on any atom is 0.282 e. The monoisotopic (exact) mass is 312 g/mol. The maximum absolute atomic E-state index is 12.4. The van der Waals surface area contributed by atoms with Crippen LogP contribution in [0.5, 0.6) is 5.75 Å². The normalized spacial score (nSPS) is 16.4. The van der Waals surface area contributed by atoms with Crippen molar-refractivity contribution in [3.63, 3.8) is 0 Å². The van der Waals surface area contributed by atoms with Crippen molar-refractivity contribution in [3.05, 3.63) is 69.3 Å². The van der Waals surface area contributed by atoms with Crippen molar-refractivity contribution in [2.24, 2.45) is 0 Å². The number of nitrogens with one attached hydrogen (secondary N) is 1. The first-order valence-corrected chi connectivity index (χ1v) is 7.39. The van der Waals surface area contributed by atoms with Crippen LogP contribution in [-0.2, 0) is 12.8 Å². The molecule has 3 rings (SSSR count). The Morgan fingerprint density at radius 1 is 1.22 bits per heavy atom. The van der Waals surface area contributed by atoms with E-state index in [0.717, 1.165) is 25.0 Å². The molecule has 0 radical (unpaired) electrons. The van der Waals surface area contributed by atoms with Gasteiger partial charge in [0.05, 0.1) is 4.92 Å². The number of amides is 1. The summed E-state index contributed by atoms with van der Waals surface area (Å²) in [4.78, 5) is 22.8. The van der Waals surface area contributed by atoms with E-state index in [9.17, 15) is 20.0 Å². The number of phenolic OH excluding ortho intramolecular Hbond substituents is 1. The molecule has 1 amide bonds. The number of nitro groups is 1. The van der Waals surface area contributed by atoms with Crippen LogP contribution in [0.2, 0.25) is 0 Å². The molecule has 0 saturated carbocycles. The molecule has 0 fully saturated rings. The van der Waals surface area contributed by atoms with Crippen LogP contribution in [0.3, 0.4) is 0 Å². The van der Waals surface area contributed by atoms with E-state index >= 15 is 0 Å². The molecule has 118 valence electrons. The molecular formula is C17H16N2O4. The average Bonchev–Trinajstić information content (AvgIpc) is 2.54. The minimum absolute atomic E-state index is 0.0700. The second-order valence-corrected chi connectivity index (χ2v) is 5.64. The molecule has 0 aliphatic heterocycles. The number of aryl methyl sites for hydroxylation is 1. The summed E-state index contributed by atoms with van der Waals surface area (Å²) >= 11 is 0. The van der Waals surface area contributed by atoms with E-state index in [1.807, 2.05) is 18.2 Å². The molecular weight excluding hydrogens is 296 g/mol. The van der Waals surface area contributed by atoms with Gasteiger partial charge in [0.15, 0.2) is 0 Å². The molecule has 2 aromatic carbocycles. The summed E-state index contributed by atoms with van der Waals surface area (Å²) < 4.78 is 0. The van der Waals surface area contributed by atoms with Crippen molar-refractivity contribution in [2.45, 2.75) is 25.3 Å². The molecule has 0 heterocycles. The van der Waals surface area contributed by atoms with Crippen LogP contribution in [0.1, 0.15) is 27.9 Å². The van der Waals surface area contributed by atoms with Crippen LogP contribution in [0, 0.1) is 10.1 Å². The summed E-state index contributed by atoms with van der Waals surface area (Å²) in [6, 6.07) is 11.5. The van der Waals surface area contributed by atoms with Crippen LogP contribution in [0.4, 0.5) is 5.69 Å². The van der Waals surface area contributed by atoms with Crippen molar-refractivity contribution >= 4 is 11.6 Å². The smallest absolute Gasteiger partial charge is 0.282 e. The first kappa shape index (κ1) is 15.0. The van der Waals surface area contributed by atoms with Gasteiger partial charge in [-0.1, -0.05) is 24.3 Å². The molecule has 1 aliphatic rings. The second-order valence-electron chi connectivity index (χ2n) is 5.64. The predicted octanol–water partition coefficient (Wildman–Crippen LogP) is 2.59. The van der Waals surface area contributed by atoms with Gasteiger partial charge in [0.2, 0.25) is 0 Å². The lowest BCUT2D eigenvalue weighted by Crippen LogP contribution is -2.39. The molecule has 1 aliphatic carbocycles. The number of hydrogen-bond donors (Lipinski definition) is 2. The average molecular weight is 312 g/mol. The first-order chi connectivity index (χ1) is 11.0. The molecule has 0 bridgehead atoms. The molecule has 2 aromatic rings. The summed E-state index contributed by atoms with van der Waals surface area (Å²) in [6.45, 7) is 0. The molecule has 23 heavy (non-hydrogen) atoms. The molecule has 0 aromatic heterocycles. The Morgan fingerprint density at radius 3 is 2.70 bits per heavy atom. The Morgan fingerprint density at radius 2 is 1.96 bits per heavy atom. The molecule has 0 spiro atoms. The largest absolute Gasteiger partial charge is 0.508 e. The molecule has 6 nitrogen and oxygen atoms in total. The highest BCUT2D eigenvalue weighted by atomic mass is 16.6. The fourth-order valence-electron chi connectivity index (χ4n) is 2.95. The molecule has 0 unspecified atom stereocenters. The zero-order valence-electron chi connectivity index (χ0n) is 12.4. The lowest BCUT2D eigenvalue weighted by molar-refractivity contribution is -0.385. The standard InChI is InChI=1S/C17H16N2O4/c20-14-7-8-16(19(22)23)15(10-14)17(21)18-13-6-5-11-3-1-2-4-12(11)9-13/h1-4,7-8,10,13,20H,5-6,9H2,(H,18,21)/t13-/m0/s1. The highest BCUT2D eigenvalue weighted by Gasteiger charge is 2.25. The van der Waals surface area contributed by atoms with E-state index in [0.29, 0.717) is 6.42 Å². The van der Waals surface area contributed by atoms with E-state index in [-0.39, 0.29) is 23.0 Å². The molecule has 6 heteroatoms. The quantitative estimate of drug-likeness (QED) is 0.673. The van der Waals surface area contributed by atoms with Gasteiger partial charge in [0.25, 0.3) is 11.6 Å². The second kappa shape index (κ2) is 6.08. The van der Waals surface area contributed by atoms with Gasteiger partial charge in [0, 0.05) is 12.1 Å². The Kier molecular flexibility index (Phi) is 3.97. The van der Waals surface area contributed by atoms with E-state index in [1.165, 1.54) is 17.2 Å². The van der Waals surface area contributed by atoms with Crippen LogP contribution in [0.25, 0.3) is 0 Å². The number of fused-ring (bicyclic) bond motifs is 1. The lowest BCUT2D eigenvalue weighted by Gasteiger charge is -2.25. The number of nitrogens with zero attached hydrogens (tertiary/aromatic N) is 1. The number of carbonyl (C=O) groups is 1.